The van der Waals surface area contributed by atoms with Gasteiger partial charge in [0, 0.05) is 19.4 Å². The second-order valence-electron chi connectivity index (χ2n) is 7.95. The minimum Gasteiger partial charge on any atom is -0.480 e. The van der Waals surface area contributed by atoms with Gasteiger partial charge in [0.1, 0.15) is 12.6 Å². The molecule has 0 aromatic heterocycles. The Labute approximate surface area is 202 Å². The van der Waals surface area contributed by atoms with Crippen LogP contribution in [-0.4, -0.2) is 68.6 Å². The van der Waals surface area contributed by atoms with E-state index in [1.54, 1.807) is 0 Å². The van der Waals surface area contributed by atoms with Gasteiger partial charge in [0.25, 0.3) is 5.91 Å². The van der Waals surface area contributed by atoms with Gasteiger partial charge < -0.3 is 30.0 Å². The zero-order valence-corrected chi connectivity index (χ0v) is 19.5. The van der Waals surface area contributed by atoms with Crippen molar-refractivity contribution in [2.24, 2.45) is 0 Å². The maximum atomic E-state index is 12.4. The Bertz CT molecular complexity index is 1040. The number of amides is 2. The lowest BCUT2D eigenvalue weighted by atomic mass is 9.98. The molecule has 1 aliphatic carbocycles. The second-order valence-corrected chi connectivity index (χ2v) is 7.95. The normalized spacial score (nSPS) is 13.7. The monoisotopic (exact) mass is 484 g/mol. The van der Waals surface area contributed by atoms with E-state index in [-0.39, 0.29) is 31.9 Å². The highest BCUT2D eigenvalue weighted by Crippen LogP contribution is 2.44. The molecule has 186 valence electrons. The summed E-state index contributed by atoms with van der Waals surface area (Å²) in [7, 11) is 2.44. The average molecular weight is 485 g/mol. The van der Waals surface area contributed by atoms with Gasteiger partial charge in [0.05, 0.1) is 13.7 Å². The minimum atomic E-state index is -1.31. The van der Waals surface area contributed by atoms with E-state index in [2.05, 4.69) is 15.4 Å². The number of carboxylic acid groups (broad SMARTS) is 1. The SMILES string of the molecule is COC(=O)CCC(NC(=O)C(CNC(=O)OCC1c2ccccc2-c2ccccc21)OC)C(=O)O. The van der Waals surface area contributed by atoms with Crippen LogP contribution in [0.5, 0.6) is 0 Å². The Kier molecular flexibility index (Phi) is 8.80. The van der Waals surface area contributed by atoms with E-state index in [1.807, 2.05) is 48.5 Å². The van der Waals surface area contributed by atoms with Crippen LogP contribution in [0.25, 0.3) is 11.1 Å². The summed E-state index contributed by atoms with van der Waals surface area (Å²) in [4.78, 5) is 47.5. The Morgan fingerprint density at radius 2 is 1.57 bits per heavy atom. The molecular formula is C25H28N2O8. The van der Waals surface area contributed by atoms with Crippen LogP contribution in [0.2, 0.25) is 0 Å². The fourth-order valence-electron chi connectivity index (χ4n) is 3.99. The van der Waals surface area contributed by atoms with Gasteiger partial charge in [0.15, 0.2) is 6.10 Å². The van der Waals surface area contributed by atoms with Gasteiger partial charge in [-0.15, -0.1) is 0 Å². The first kappa shape index (κ1) is 25.7. The van der Waals surface area contributed by atoms with Gasteiger partial charge in [-0.25, -0.2) is 9.59 Å². The number of nitrogens with one attached hydrogen (secondary N) is 2. The van der Waals surface area contributed by atoms with Crippen molar-refractivity contribution < 1.29 is 38.5 Å². The number of carbonyl (C=O) groups is 4. The number of hydrogen-bond acceptors (Lipinski definition) is 7. The average Bonchev–Trinajstić information content (AvgIpc) is 3.18. The standard InChI is InChI=1S/C25H28N2O8/c1-33-21(23(29)27-20(24(30)31)11-12-22(28)34-2)13-26-25(32)35-14-19-17-9-5-3-7-15(17)16-8-4-6-10-18(16)19/h3-10,19-21H,11-14H2,1-2H3,(H,26,32)(H,27,29)(H,30,31). The Morgan fingerprint density at radius 1 is 0.971 bits per heavy atom. The number of aliphatic carboxylic acids is 1. The van der Waals surface area contributed by atoms with E-state index in [9.17, 15) is 24.3 Å². The molecule has 1 aliphatic rings. The maximum Gasteiger partial charge on any atom is 0.407 e. The van der Waals surface area contributed by atoms with Gasteiger partial charge in [0.2, 0.25) is 0 Å². The van der Waals surface area contributed by atoms with E-state index in [0.29, 0.717) is 0 Å². The maximum absolute atomic E-state index is 12.4. The van der Waals surface area contributed by atoms with Gasteiger partial charge in [-0.3, -0.25) is 9.59 Å². The number of benzene rings is 2. The number of rotatable bonds is 11. The first-order chi connectivity index (χ1) is 16.8. The molecular weight excluding hydrogens is 456 g/mol. The molecule has 2 amide bonds. The number of carboxylic acids is 1. The summed E-state index contributed by atoms with van der Waals surface area (Å²) in [5.41, 5.74) is 4.35. The van der Waals surface area contributed by atoms with Crippen molar-refractivity contribution in [3.63, 3.8) is 0 Å². The Balaban J connectivity index is 1.52. The number of hydrogen-bond donors (Lipinski definition) is 3. The lowest BCUT2D eigenvalue weighted by Gasteiger charge is -2.20. The van der Waals surface area contributed by atoms with Crippen LogP contribution in [-0.2, 0) is 28.6 Å². The summed E-state index contributed by atoms with van der Waals surface area (Å²) in [6, 6.07) is 14.6. The number of carbonyl (C=O) groups excluding carboxylic acids is 3. The van der Waals surface area contributed by atoms with Crippen LogP contribution in [0, 0.1) is 0 Å². The van der Waals surface area contributed by atoms with E-state index < -0.39 is 36.1 Å². The third kappa shape index (κ3) is 6.36. The van der Waals surface area contributed by atoms with Crippen molar-refractivity contribution >= 4 is 23.9 Å². The third-order valence-corrected chi connectivity index (χ3v) is 5.83. The molecule has 0 fully saturated rings. The van der Waals surface area contributed by atoms with Crippen molar-refractivity contribution in [3.05, 3.63) is 59.7 Å². The molecule has 2 aromatic carbocycles. The quantitative estimate of drug-likeness (QED) is 0.412. The zero-order valence-electron chi connectivity index (χ0n) is 19.5. The van der Waals surface area contributed by atoms with Crippen molar-refractivity contribution in [2.45, 2.75) is 30.9 Å². The minimum absolute atomic E-state index is 0.109. The third-order valence-electron chi connectivity index (χ3n) is 5.83. The topological polar surface area (TPSA) is 140 Å². The summed E-state index contributed by atoms with van der Waals surface area (Å²) in [6.45, 7) is -0.124. The van der Waals surface area contributed by atoms with Crippen molar-refractivity contribution in [1.82, 2.24) is 10.6 Å². The lowest BCUT2D eigenvalue weighted by Crippen LogP contribution is -2.49. The molecule has 0 radical (unpaired) electrons. The molecule has 0 heterocycles. The molecule has 0 saturated heterocycles. The fraction of sp³-hybridized carbons (Fsp3) is 0.360. The second kappa shape index (κ2) is 12.0. The summed E-state index contributed by atoms with van der Waals surface area (Å²) in [5, 5.41) is 14.1. The first-order valence-electron chi connectivity index (χ1n) is 11.1. The molecule has 35 heavy (non-hydrogen) atoms. The molecule has 0 spiro atoms. The summed E-state index contributed by atoms with van der Waals surface area (Å²) in [6.07, 6.45) is -2.22. The fourth-order valence-corrected chi connectivity index (χ4v) is 3.99. The van der Waals surface area contributed by atoms with Crippen LogP contribution >= 0.6 is 0 Å². The number of methoxy groups -OCH3 is 2. The smallest absolute Gasteiger partial charge is 0.407 e. The summed E-state index contributed by atoms with van der Waals surface area (Å²) in [5.74, 6) is -2.75. The number of ether oxygens (including phenoxy) is 3. The number of alkyl carbamates (subject to hydrolysis) is 1. The molecule has 10 nitrogen and oxygen atoms in total. The highest BCUT2D eigenvalue weighted by atomic mass is 16.5. The van der Waals surface area contributed by atoms with Crippen LogP contribution in [0.3, 0.4) is 0 Å². The first-order valence-corrected chi connectivity index (χ1v) is 11.1. The number of esters is 1. The highest BCUT2D eigenvalue weighted by molar-refractivity contribution is 5.87. The summed E-state index contributed by atoms with van der Waals surface area (Å²) < 4.78 is 15.0. The van der Waals surface area contributed by atoms with Crippen molar-refractivity contribution in [3.8, 4) is 11.1 Å². The van der Waals surface area contributed by atoms with E-state index in [0.717, 1.165) is 22.3 Å². The molecule has 2 aromatic rings. The molecule has 0 aliphatic heterocycles. The summed E-state index contributed by atoms with van der Waals surface area (Å²) >= 11 is 0. The zero-order chi connectivity index (χ0) is 25.4. The van der Waals surface area contributed by atoms with Gasteiger partial charge in [-0.1, -0.05) is 48.5 Å². The Morgan fingerprint density at radius 3 is 2.11 bits per heavy atom. The van der Waals surface area contributed by atoms with Gasteiger partial charge >= 0.3 is 18.0 Å². The van der Waals surface area contributed by atoms with Crippen LogP contribution < -0.4 is 10.6 Å². The van der Waals surface area contributed by atoms with E-state index in [1.165, 1.54) is 14.2 Å². The molecule has 3 N–H and O–H groups in total. The predicted octanol–water partition coefficient (Wildman–Crippen LogP) is 2.06. The molecule has 3 rings (SSSR count). The predicted molar refractivity (Wildman–Crippen MR) is 125 cm³/mol. The van der Waals surface area contributed by atoms with Crippen molar-refractivity contribution in [1.29, 1.82) is 0 Å². The molecule has 0 saturated carbocycles. The van der Waals surface area contributed by atoms with Crippen molar-refractivity contribution in [2.75, 3.05) is 27.4 Å². The van der Waals surface area contributed by atoms with Crippen LogP contribution in [0.4, 0.5) is 4.79 Å². The van der Waals surface area contributed by atoms with Gasteiger partial charge in [-0.05, 0) is 28.7 Å². The largest absolute Gasteiger partial charge is 0.480 e. The van der Waals surface area contributed by atoms with Crippen LogP contribution in [0.1, 0.15) is 29.9 Å². The van der Waals surface area contributed by atoms with Crippen LogP contribution in [0.15, 0.2) is 48.5 Å². The number of fused-ring (bicyclic) bond motifs is 3. The Hall–Kier alpha value is -3.92. The molecule has 0 bridgehead atoms. The molecule has 2 atom stereocenters. The van der Waals surface area contributed by atoms with E-state index in [4.69, 9.17) is 9.47 Å². The van der Waals surface area contributed by atoms with Gasteiger partial charge in [-0.2, -0.15) is 0 Å². The highest BCUT2D eigenvalue weighted by Gasteiger charge is 2.30. The van der Waals surface area contributed by atoms with E-state index >= 15 is 0 Å². The molecule has 2 unspecified atom stereocenters. The molecule has 10 heteroatoms. The lowest BCUT2D eigenvalue weighted by molar-refractivity contribution is -0.145.